The smallest absolute Gasteiger partial charge is 0.323 e. The van der Waals surface area contributed by atoms with Gasteiger partial charge in [-0.1, -0.05) is 6.92 Å². The van der Waals surface area contributed by atoms with E-state index in [0.717, 1.165) is 26.1 Å². The molecule has 0 aromatic rings. The Labute approximate surface area is 119 Å². The number of methoxy groups -OCH3 is 1. The van der Waals surface area contributed by atoms with E-state index < -0.39 is 5.97 Å². The summed E-state index contributed by atoms with van der Waals surface area (Å²) in [4.78, 5) is 26.3. The van der Waals surface area contributed by atoms with Crippen LogP contribution in [-0.4, -0.2) is 79.9 Å². The first kappa shape index (κ1) is 16.7. The highest BCUT2D eigenvalue weighted by molar-refractivity contribution is 5.80. The summed E-state index contributed by atoms with van der Waals surface area (Å²) in [5.41, 5.74) is 0. The van der Waals surface area contributed by atoms with Crippen LogP contribution in [0.4, 0.5) is 4.79 Å². The molecule has 1 aliphatic heterocycles. The predicted octanol–water partition coefficient (Wildman–Crippen LogP) is 0.0708. The zero-order chi connectivity index (χ0) is 15.0. The van der Waals surface area contributed by atoms with Crippen molar-refractivity contribution in [3.8, 4) is 0 Å². The second-order valence-corrected chi connectivity index (χ2v) is 5.04. The van der Waals surface area contributed by atoms with Crippen molar-refractivity contribution in [2.45, 2.75) is 13.3 Å². The van der Waals surface area contributed by atoms with E-state index in [-0.39, 0.29) is 19.1 Å². The summed E-state index contributed by atoms with van der Waals surface area (Å²) in [6.07, 6.45) is 1.07. The van der Waals surface area contributed by atoms with Gasteiger partial charge in [0.1, 0.15) is 6.54 Å². The molecule has 0 spiro atoms. The number of amides is 2. The van der Waals surface area contributed by atoms with Crippen molar-refractivity contribution in [2.75, 3.05) is 53.0 Å². The number of nitrogens with one attached hydrogen (secondary N) is 1. The van der Waals surface area contributed by atoms with E-state index in [1.165, 1.54) is 12.0 Å². The largest absolute Gasteiger partial charge is 0.480 e. The van der Waals surface area contributed by atoms with Gasteiger partial charge >= 0.3 is 12.0 Å². The Morgan fingerprint density at radius 2 is 2.25 bits per heavy atom. The lowest BCUT2D eigenvalue weighted by Gasteiger charge is -2.22. The molecule has 0 aromatic carbocycles. The highest BCUT2D eigenvalue weighted by Crippen LogP contribution is 2.14. The molecule has 2 N–H and O–H groups in total. The van der Waals surface area contributed by atoms with Crippen LogP contribution in [0, 0.1) is 5.92 Å². The lowest BCUT2D eigenvalue weighted by atomic mass is 10.1. The Morgan fingerprint density at radius 3 is 2.80 bits per heavy atom. The first-order valence-electron chi connectivity index (χ1n) is 7.02. The van der Waals surface area contributed by atoms with Gasteiger partial charge in [0.2, 0.25) is 0 Å². The van der Waals surface area contributed by atoms with Gasteiger partial charge in [0.05, 0.1) is 6.61 Å². The molecule has 1 rings (SSSR count). The molecule has 1 saturated heterocycles. The summed E-state index contributed by atoms with van der Waals surface area (Å²) in [5, 5.41) is 11.6. The molecular weight excluding hydrogens is 262 g/mol. The number of nitrogens with zero attached hydrogens (tertiary/aromatic N) is 2. The Hall–Kier alpha value is -1.34. The van der Waals surface area contributed by atoms with Crippen molar-refractivity contribution in [2.24, 2.45) is 5.92 Å². The Balaban J connectivity index is 2.35. The average Bonchev–Trinajstić information content (AvgIpc) is 2.88. The van der Waals surface area contributed by atoms with Gasteiger partial charge < -0.3 is 25.0 Å². The van der Waals surface area contributed by atoms with Gasteiger partial charge in [0.25, 0.3) is 0 Å². The Bertz CT molecular complexity index is 325. The SMILES string of the molecule is CCN1CCC(CNC(=O)N(CCOC)CC(=O)O)C1. The molecule has 116 valence electrons. The molecule has 7 nitrogen and oxygen atoms in total. The molecule has 1 fully saturated rings. The van der Waals surface area contributed by atoms with Crippen molar-refractivity contribution in [1.82, 2.24) is 15.1 Å². The van der Waals surface area contributed by atoms with Gasteiger partial charge in [-0.15, -0.1) is 0 Å². The third-order valence-electron chi connectivity index (χ3n) is 3.54. The van der Waals surface area contributed by atoms with Gasteiger partial charge in [-0.3, -0.25) is 4.79 Å². The molecule has 1 aliphatic rings. The molecule has 1 unspecified atom stereocenters. The molecule has 0 radical (unpaired) electrons. The van der Waals surface area contributed by atoms with Crippen LogP contribution in [-0.2, 0) is 9.53 Å². The van der Waals surface area contributed by atoms with Crippen molar-refractivity contribution >= 4 is 12.0 Å². The number of hydrogen-bond acceptors (Lipinski definition) is 4. The Morgan fingerprint density at radius 1 is 1.50 bits per heavy atom. The summed E-state index contributed by atoms with van der Waals surface area (Å²) < 4.78 is 4.89. The standard InChI is InChI=1S/C13H25N3O4/c1-3-15-5-4-11(9-15)8-14-13(19)16(6-7-20-2)10-12(17)18/h11H,3-10H2,1-2H3,(H,14,19)(H,17,18). The summed E-state index contributed by atoms with van der Waals surface area (Å²) in [6.45, 7) is 6.12. The predicted molar refractivity (Wildman–Crippen MR) is 74.7 cm³/mol. The van der Waals surface area contributed by atoms with E-state index in [9.17, 15) is 9.59 Å². The topological polar surface area (TPSA) is 82.1 Å². The highest BCUT2D eigenvalue weighted by Gasteiger charge is 2.23. The fraction of sp³-hybridized carbons (Fsp3) is 0.846. The van der Waals surface area contributed by atoms with E-state index in [0.29, 0.717) is 19.1 Å². The Kier molecular flexibility index (Phi) is 7.32. The van der Waals surface area contributed by atoms with Gasteiger partial charge in [-0.05, 0) is 25.4 Å². The van der Waals surface area contributed by atoms with E-state index in [1.807, 2.05) is 0 Å². The number of hydrogen-bond donors (Lipinski definition) is 2. The number of carbonyl (C=O) groups excluding carboxylic acids is 1. The van der Waals surface area contributed by atoms with Crippen LogP contribution in [0.15, 0.2) is 0 Å². The summed E-state index contributed by atoms with van der Waals surface area (Å²) in [7, 11) is 1.52. The van der Waals surface area contributed by atoms with Gasteiger partial charge in [0.15, 0.2) is 0 Å². The fourth-order valence-electron chi connectivity index (χ4n) is 2.33. The number of carboxylic acids is 1. The molecule has 0 aromatic heterocycles. The van der Waals surface area contributed by atoms with Crippen LogP contribution in [0.3, 0.4) is 0 Å². The minimum absolute atomic E-state index is 0.278. The van der Waals surface area contributed by atoms with Gasteiger partial charge in [0, 0.05) is 26.7 Å². The zero-order valence-electron chi connectivity index (χ0n) is 12.3. The number of ether oxygens (including phenoxy) is 1. The number of aliphatic carboxylic acids is 1. The normalized spacial score (nSPS) is 19.0. The van der Waals surface area contributed by atoms with Crippen LogP contribution in [0.2, 0.25) is 0 Å². The summed E-state index contributed by atoms with van der Waals surface area (Å²) in [5.74, 6) is -0.567. The molecule has 0 aliphatic carbocycles. The summed E-state index contributed by atoms with van der Waals surface area (Å²) in [6, 6.07) is -0.334. The minimum atomic E-state index is -1.02. The molecule has 1 heterocycles. The van der Waals surface area contributed by atoms with E-state index >= 15 is 0 Å². The van der Waals surface area contributed by atoms with Crippen LogP contribution in [0.25, 0.3) is 0 Å². The average molecular weight is 287 g/mol. The van der Waals surface area contributed by atoms with E-state index in [2.05, 4.69) is 17.1 Å². The van der Waals surface area contributed by atoms with Crippen molar-refractivity contribution in [1.29, 1.82) is 0 Å². The van der Waals surface area contributed by atoms with Crippen LogP contribution < -0.4 is 5.32 Å². The molecule has 0 bridgehead atoms. The van der Waals surface area contributed by atoms with Gasteiger partial charge in [-0.25, -0.2) is 4.79 Å². The third kappa shape index (κ3) is 5.75. The molecule has 2 amide bonds. The molecule has 7 heteroatoms. The zero-order valence-corrected chi connectivity index (χ0v) is 12.3. The minimum Gasteiger partial charge on any atom is -0.480 e. The monoisotopic (exact) mass is 287 g/mol. The maximum atomic E-state index is 12.0. The second-order valence-electron chi connectivity index (χ2n) is 5.04. The van der Waals surface area contributed by atoms with Crippen LogP contribution >= 0.6 is 0 Å². The molecular formula is C13H25N3O4. The lowest BCUT2D eigenvalue weighted by Crippen LogP contribution is -2.45. The number of carbonyl (C=O) groups is 2. The summed E-state index contributed by atoms with van der Waals surface area (Å²) >= 11 is 0. The maximum Gasteiger partial charge on any atom is 0.323 e. The van der Waals surface area contributed by atoms with Crippen molar-refractivity contribution < 1.29 is 19.4 Å². The second kappa shape index (κ2) is 8.76. The molecule has 0 saturated carbocycles. The first-order chi connectivity index (χ1) is 9.56. The van der Waals surface area contributed by atoms with Crippen LogP contribution in [0.5, 0.6) is 0 Å². The van der Waals surface area contributed by atoms with Crippen molar-refractivity contribution in [3.63, 3.8) is 0 Å². The first-order valence-corrected chi connectivity index (χ1v) is 7.02. The van der Waals surface area contributed by atoms with Crippen molar-refractivity contribution in [3.05, 3.63) is 0 Å². The number of rotatable bonds is 8. The van der Waals surface area contributed by atoms with Gasteiger partial charge in [-0.2, -0.15) is 0 Å². The lowest BCUT2D eigenvalue weighted by molar-refractivity contribution is -0.137. The number of carboxylic acid groups (broad SMARTS) is 1. The fourth-order valence-corrected chi connectivity index (χ4v) is 2.33. The molecule has 20 heavy (non-hydrogen) atoms. The maximum absolute atomic E-state index is 12.0. The molecule has 1 atom stereocenters. The third-order valence-corrected chi connectivity index (χ3v) is 3.54. The highest BCUT2D eigenvalue weighted by atomic mass is 16.5. The van der Waals surface area contributed by atoms with Crippen LogP contribution in [0.1, 0.15) is 13.3 Å². The van der Waals surface area contributed by atoms with E-state index in [4.69, 9.17) is 9.84 Å². The van der Waals surface area contributed by atoms with E-state index in [1.54, 1.807) is 0 Å². The quantitative estimate of drug-likeness (QED) is 0.660. The number of urea groups is 1. The number of likely N-dealkylation sites (tertiary alicyclic amines) is 1.